The minimum Gasteiger partial charge on any atom is -0.493 e. The Labute approximate surface area is 188 Å². The van der Waals surface area contributed by atoms with Crippen molar-refractivity contribution in [3.05, 3.63) is 48.0 Å². The van der Waals surface area contributed by atoms with Crippen molar-refractivity contribution in [3.63, 3.8) is 0 Å². The van der Waals surface area contributed by atoms with Crippen LogP contribution in [-0.2, 0) is 19.6 Å². The molecule has 0 bridgehead atoms. The van der Waals surface area contributed by atoms with Gasteiger partial charge in [0.15, 0.2) is 18.1 Å². The highest BCUT2D eigenvalue weighted by Gasteiger charge is 2.21. The molecule has 32 heavy (non-hydrogen) atoms. The maximum absolute atomic E-state index is 12.5. The van der Waals surface area contributed by atoms with Gasteiger partial charge >= 0.3 is 5.97 Å². The first-order valence-electron chi connectivity index (χ1n) is 10.1. The Hall–Kier alpha value is -3.11. The number of sulfonamides is 1. The van der Waals surface area contributed by atoms with Gasteiger partial charge in [-0.1, -0.05) is 13.8 Å². The van der Waals surface area contributed by atoms with Gasteiger partial charge in [0.1, 0.15) is 0 Å². The van der Waals surface area contributed by atoms with Crippen LogP contribution >= 0.6 is 0 Å². The van der Waals surface area contributed by atoms with Crippen LogP contribution < -0.4 is 14.8 Å². The number of benzene rings is 2. The molecule has 0 unspecified atom stereocenters. The molecule has 0 aliphatic rings. The van der Waals surface area contributed by atoms with Gasteiger partial charge in [-0.05, 0) is 49.4 Å². The molecule has 0 saturated carbocycles. The quantitative estimate of drug-likeness (QED) is 0.509. The third kappa shape index (κ3) is 6.21. The van der Waals surface area contributed by atoms with Crippen molar-refractivity contribution >= 4 is 27.6 Å². The molecule has 10 heteroatoms. The first kappa shape index (κ1) is 25.2. The molecule has 0 radical (unpaired) electrons. The Balaban J connectivity index is 1.97. The smallest absolute Gasteiger partial charge is 0.338 e. The summed E-state index contributed by atoms with van der Waals surface area (Å²) in [6.07, 6.45) is 0. The second-order valence-corrected chi connectivity index (χ2v) is 8.47. The maximum Gasteiger partial charge on any atom is 0.338 e. The van der Waals surface area contributed by atoms with Gasteiger partial charge in [-0.2, -0.15) is 4.31 Å². The Morgan fingerprint density at radius 2 is 1.62 bits per heavy atom. The molecule has 2 aromatic carbocycles. The lowest BCUT2D eigenvalue weighted by Gasteiger charge is -2.18. The Kier molecular flexibility index (Phi) is 9.03. The van der Waals surface area contributed by atoms with Crippen LogP contribution in [0.4, 0.5) is 5.69 Å². The van der Waals surface area contributed by atoms with E-state index in [2.05, 4.69) is 5.32 Å². The van der Waals surface area contributed by atoms with Crippen molar-refractivity contribution in [2.75, 3.05) is 38.7 Å². The highest BCUT2D eigenvalue weighted by molar-refractivity contribution is 7.89. The molecule has 0 saturated heterocycles. The number of carbonyl (C=O) groups excluding carboxylic acids is 2. The van der Waals surface area contributed by atoms with Crippen molar-refractivity contribution in [1.29, 1.82) is 0 Å². The van der Waals surface area contributed by atoms with Gasteiger partial charge in [0.2, 0.25) is 10.0 Å². The molecule has 0 aliphatic carbocycles. The molecule has 0 atom stereocenters. The average molecular weight is 465 g/mol. The van der Waals surface area contributed by atoms with Crippen molar-refractivity contribution < 1.29 is 32.2 Å². The zero-order chi connectivity index (χ0) is 23.7. The molecular formula is C22H28N2O7S. The minimum atomic E-state index is -3.58. The van der Waals surface area contributed by atoms with Crippen LogP contribution in [0.3, 0.4) is 0 Å². The van der Waals surface area contributed by atoms with Crippen LogP contribution in [0, 0.1) is 0 Å². The fourth-order valence-electron chi connectivity index (χ4n) is 2.91. The molecule has 0 aliphatic heterocycles. The third-order valence-electron chi connectivity index (χ3n) is 4.51. The number of rotatable bonds is 11. The van der Waals surface area contributed by atoms with Gasteiger partial charge in [0.05, 0.1) is 24.2 Å². The Morgan fingerprint density at radius 3 is 2.19 bits per heavy atom. The average Bonchev–Trinajstić information content (AvgIpc) is 2.78. The monoisotopic (exact) mass is 464 g/mol. The number of anilines is 1. The Bertz CT molecular complexity index is 1030. The zero-order valence-corrected chi connectivity index (χ0v) is 19.4. The number of ether oxygens (including phenoxy) is 3. The van der Waals surface area contributed by atoms with E-state index in [0.717, 1.165) is 0 Å². The lowest BCUT2D eigenvalue weighted by atomic mass is 10.2. The summed E-state index contributed by atoms with van der Waals surface area (Å²) in [4.78, 5) is 24.5. The van der Waals surface area contributed by atoms with Crippen LogP contribution in [0.1, 0.15) is 31.1 Å². The van der Waals surface area contributed by atoms with Crippen LogP contribution in [0.15, 0.2) is 47.4 Å². The topological polar surface area (TPSA) is 111 Å². The predicted octanol–water partition coefficient (Wildman–Crippen LogP) is 2.92. The number of amides is 1. The van der Waals surface area contributed by atoms with E-state index in [4.69, 9.17) is 14.2 Å². The van der Waals surface area contributed by atoms with E-state index in [-0.39, 0.29) is 10.5 Å². The van der Waals surface area contributed by atoms with E-state index < -0.39 is 28.5 Å². The molecular weight excluding hydrogens is 436 g/mol. The molecule has 2 rings (SSSR count). The number of hydrogen-bond donors (Lipinski definition) is 1. The van der Waals surface area contributed by atoms with Crippen molar-refractivity contribution in [2.24, 2.45) is 0 Å². The summed E-state index contributed by atoms with van der Waals surface area (Å²) in [5.41, 5.74) is 0.598. The maximum atomic E-state index is 12.5. The molecule has 2 aromatic rings. The lowest BCUT2D eigenvalue weighted by Crippen LogP contribution is -2.30. The fourth-order valence-corrected chi connectivity index (χ4v) is 4.36. The SMILES string of the molecule is CCOc1cc(C(=O)OCC(=O)Nc2ccc(S(=O)(=O)N(CC)CC)cc2)ccc1OC. The summed E-state index contributed by atoms with van der Waals surface area (Å²) in [6.45, 7) is 5.95. The summed E-state index contributed by atoms with van der Waals surface area (Å²) >= 11 is 0. The van der Waals surface area contributed by atoms with E-state index in [1.807, 2.05) is 0 Å². The van der Waals surface area contributed by atoms with E-state index in [1.54, 1.807) is 26.8 Å². The molecule has 0 aromatic heterocycles. The van der Waals surface area contributed by atoms with Crippen molar-refractivity contribution in [1.82, 2.24) is 4.31 Å². The number of esters is 1. The van der Waals surface area contributed by atoms with Crippen molar-refractivity contribution in [3.8, 4) is 11.5 Å². The van der Waals surface area contributed by atoms with E-state index in [1.165, 1.54) is 47.8 Å². The van der Waals surface area contributed by atoms with Gasteiger partial charge < -0.3 is 19.5 Å². The van der Waals surface area contributed by atoms with Gasteiger partial charge in [-0.3, -0.25) is 4.79 Å². The van der Waals surface area contributed by atoms with Gasteiger partial charge in [-0.15, -0.1) is 0 Å². The minimum absolute atomic E-state index is 0.134. The number of carbonyl (C=O) groups is 2. The van der Waals surface area contributed by atoms with Gasteiger partial charge in [0.25, 0.3) is 5.91 Å². The molecule has 174 valence electrons. The van der Waals surface area contributed by atoms with E-state index in [0.29, 0.717) is 36.9 Å². The predicted molar refractivity (Wildman–Crippen MR) is 120 cm³/mol. The normalized spacial score (nSPS) is 11.2. The summed E-state index contributed by atoms with van der Waals surface area (Å²) < 4.78 is 42.0. The number of methoxy groups -OCH3 is 1. The second-order valence-electron chi connectivity index (χ2n) is 6.54. The highest BCUT2D eigenvalue weighted by atomic mass is 32.2. The first-order chi connectivity index (χ1) is 15.3. The lowest BCUT2D eigenvalue weighted by molar-refractivity contribution is -0.119. The zero-order valence-electron chi connectivity index (χ0n) is 18.6. The Morgan fingerprint density at radius 1 is 0.969 bits per heavy atom. The number of hydrogen-bond acceptors (Lipinski definition) is 7. The second kappa shape index (κ2) is 11.5. The van der Waals surface area contributed by atoms with E-state index >= 15 is 0 Å². The third-order valence-corrected chi connectivity index (χ3v) is 6.58. The summed E-state index contributed by atoms with van der Waals surface area (Å²) in [7, 11) is -2.09. The molecule has 0 heterocycles. The highest BCUT2D eigenvalue weighted by Crippen LogP contribution is 2.28. The molecule has 0 fully saturated rings. The standard InChI is InChI=1S/C22H28N2O7S/c1-5-24(6-2)32(27,28)18-11-9-17(10-12-18)23-21(25)15-31-22(26)16-8-13-19(29-4)20(14-16)30-7-3/h8-14H,5-7,15H2,1-4H3,(H,23,25). The molecule has 9 nitrogen and oxygen atoms in total. The first-order valence-corrected chi connectivity index (χ1v) is 11.6. The number of nitrogens with zero attached hydrogens (tertiary/aromatic N) is 1. The van der Waals surface area contributed by atoms with Gasteiger partial charge in [0, 0.05) is 18.8 Å². The largest absolute Gasteiger partial charge is 0.493 e. The van der Waals surface area contributed by atoms with Crippen LogP contribution in [0.2, 0.25) is 0 Å². The van der Waals surface area contributed by atoms with Crippen LogP contribution in [0.5, 0.6) is 11.5 Å². The summed E-state index contributed by atoms with van der Waals surface area (Å²) in [5.74, 6) is -0.373. The molecule has 1 amide bonds. The van der Waals surface area contributed by atoms with E-state index in [9.17, 15) is 18.0 Å². The molecule has 0 spiro atoms. The summed E-state index contributed by atoms with van der Waals surface area (Å²) in [5, 5.41) is 2.57. The van der Waals surface area contributed by atoms with Crippen LogP contribution in [-0.4, -0.2) is 58.0 Å². The molecule has 1 N–H and O–H groups in total. The van der Waals surface area contributed by atoms with Gasteiger partial charge in [-0.25, -0.2) is 13.2 Å². The summed E-state index contributed by atoms with van der Waals surface area (Å²) in [6, 6.07) is 10.4. The van der Waals surface area contributed by atoms with Crippen LogP contribution in [0.25, 0.3) is 0 Å². The van der Waals surface area contributed by atoms with Crippen molar-refractivity contribution in [2.45, 2.75) is 25.7 Å². The fraction of sp³-hybridized carbons (Fsp3) is 0.364. The number of nitrogens with one attached hydrogen (secondary N) is 1.